The van der Waals surface area contributed by atoms with Gasteiger partial charge in [-0.1, -0.05) is 55.8 Å². The van der Waals surface area contributed by atoms with E-state index in [-0.39, 0.29) is 17.1 Å². The molecule has 1 saturated heterocycles. The molecular weight excluding hydrogens is 480 g/mol. The standard InChI is InChI=1S/C31H34N2O5/c1-4-32(5-2)16-17-33-28(24-10-7-11-25(34)19-24)27(30(36)31(33)37)29(35)23-12-14-26(15-13-23)38-20-22-9-6-8-21(3)18-22/h6-15,18-19,28,34-35H,4-5,16-17,20H2,1-3H3. The Morgan fingerprint density at radius 1 is 0.974 bits per heavy atom. The number of aromatic hydroxyl groups is 1. The number of carbonyl (C=O) groups is 2. The molecule has 38 heavy (non-hydrogen) atoms. The van der Waals surface area contributed by atoms with Crippen molar-refractivity contribution in [2.75, 3.05) is 26.2 Å². The van der Waals surface area contributed by atoms with Gasteiger partial charge < -0.3 is 24.7 Å². The van der Waals surface area contributed by atoms with Crippen LogP contribution >= 0.6 is 0 Å². The molecule has 0 aromatic heterocycles. The Morgan fingerprint density at radius 3 is 2.34 bits per heavy atom. The Hall–Kier alpha value is -4.10. The van der Waals surface area contributed by atoms with Crippen LogP contribution in [0.3, 0.4) is 0 Å². The number of aliphatic hydroxyl groups excluding tert-OH is 1. The van der Waals surface area contributed by atoms with Crippen LogP contribution in [0.2, 0.25) is 0 Å². The summed E-state index contributed by atoms with van der Waals surface area (Å²) >= 11 is 0. The van der Waals surface area contributed by atoms with Crippen molar-refractivity contribution in [2.45, 2.75) is 33.4 Å². The Morgan fingerprint density at radius 2 is 1.68 bits per heavy atom. The summed E-state index contributed by atoms with van der Waals surface area (Å²) in [5, 5.41) is 21.4. The number of ketones is 1. The molecule has 198 valence electrons. The van der Waals surface area contributed by atoms with E-state index in [1.165, 1.54) is 17.0 Å². The number of phenols is 1. The Balaban J connectivity index is 1.64. The number of likely N-dealkylation sites (tertiary alicyclic amines) is 1. The van der Waals surface area contributed by atoms with Crippen molar-refractivity contribution in [3.8, 4) is 11.5 Å². The molecule has 0 radical (unpaired) electrons. The van der Waals surface area contributed by atoms with E-state index in [4.69, 9.17) is 4.74 Å². The van der Waals surface area contributed by atoms with E-state index in [0.717, 1.165) is 24.2 Å². The highest BCUT2D eigenvalue weighted by molar-refractivity contribution is 6.46. The third-order valence-electron chi connectivity index (χ3n) is 6.89. The van der Waals surface area contributed by atoms with E-state index in [0.29, 0.717) is 36.6 Å². The van der Waals surface area contributed by atoms with E-state index >= 15 is 0 Å². The predicted octanol–water partition coefficient (Wildman–Crippen LogP) is 5.04. The van der Waals surface area contributed by atoms with Crippen LogP contribution < -0.4 is 4.74 Å². The molecule has 1 unspecified atom stereocenters. The molecule has 0 spiro atoms. The zero-order chi connectivity index (χ0) is 27.2. The number of likely N-dealkylation sites (N-methyl/N-ethyl adjacent to an activating group) is 1. The first-order valence-electron chi connectivity index (χ1n) is 12.9. The van der Waals surface area contributed by atoms with Gasteiger partial charge in [-0.05, 0) is 67.5 Å². The lowest BCUT2D eigenvalue weighted by Gasteiger charge is -2.28. The van der Waals surface area contributed by atoms with E-state index in [1.807, 2.05) is 39.0 Å². The minimum Gasteiger partial charge on any atom is -0.508 e. The van der Waals surface area contributed by atoms with Gasteiger partial charge in [-0.2, -0.15) is 0 Å². The van der Waals surface area contributed by atoms with Gasteiger partial charge in [0, 0.05) is 18.7 Å². The number of hydrogen-bond donors (Lipinski definition) is 2. The molecule has 7 heteroatoms. The van der Waals surface area contributed by atoms with Crippen molar-refractivity contribution >= 4 is 17.4 Å². The molecule has 0 bridgehead atoms. The normalized spacial score (nSPS) is 16.8. The van der Waals surface area contributed by atoms with Gasteiger partial charge in [0.2, 0.25) is 0 Å². The zero-order valence-corrected chi connectivity index (χ0v) is 22.1. The van der Waals surface area contributed by atoms with Gasteiger partial charge in [-0.3, -0.25) is 9.59 Å². The maximum absolute atomic E-state index is 13.2. The summed E-state index contributed by atoms with van der Waals surface area (Å²) in [6.45, 7) is 9.04. The Labute approximate surface area is 223 Å². The molecule has 1 aliphatic heterocycles. The average Bonchev–Trinajstić information content (AvgIpc) is 3.17. The number of benzene rings is 3. The van der Waals surface area contributed by atoms with Crippen molar-refractivity contribution in [3.63, 3.8) is 0 Å². The first-order valence-corrected chi connectivity index (χ1v) is 12.9. The summed E-state index contributed by atoms with van der Waals surface area (Å²) in [7, 11) is 0. The number of aliphatic hydroxyl groups is 1. The van der Waals surface area contributed by atoms with Crippen LogP contribution in [0, 0.1) is 6.92 Å². The SMILES string of the molecule is CCN(CC)CCN1C(=O)C(=O)C(=C(O)c2ccc(OCc3cccc(C)c3)cc2)C1c1cccc(O)c1. The van der Waals surface area contributed by atoms with Gasteiger partial charge in [0.05, 0.1) is 11.6 Å². The highest BCUT2D eigenvalue weighted by Gasteiger charge is 2.46. The lowest BCUT2D eigenvalue weighted by molar-refractivity contribution is -0.140. The number of amides is 1. The molecule has 1 atom stereocenters. The average molecular weight is 515 g/mol. The van der Waals surface area contributed by atoms with E-state index in [2.05, 4.69) is 11.0 Å². The molecule has 1 fully saturated rings. The molecule has 7 nitrogen and oxygen atoms in total. The molecule has 1 heterocycles. The van der Waals surface area contributed by atoms with Gasteiger partial charge in [-0.15, -0.1) is 0 Å². The van der Waals surface area contributed by atoms with E-state index < -0.39 is 17.7 Å². The number of ether oxygens (including phenoxy) is 1. The summed E-state index contributed by atoms with van der Waals surface area (Å²) in [6.07, 6.45) is 0. The van der Waals surface area contributed by atoms with Gasteiger partial charge in [0.25, 0.3) is 11.7 Å². The first-order chi connectivity index (χ1) is 18.3. The molecule has 0 saturated carbocycles. The number of nitrogens with zero attached hydrogens (tertiary/aromatic N) is 2. The largest absolute Gasteiger partial charge is 0.508 e. The summed E-state index contributed by atoms with van der Waals surface area (Å²) in [5.74, 6) is -1.02. The van der Waals surface area contributed by atoms with Gasteiger partial charge in [-0.25, -0.2) is 0 Å². The highest BCUT2D eigenvalue weighted by Crippen LogP contribution is 2.40. The quantitative estimate of drug-likeness (QED) is 0.224. The summed E-state index contributed by atoms with van der Waals surface area (Å²) in [5.41, 5.74) is 3.17. The third-order valence-corrected chi connectivity index (χ3v) is 6.89. The van der Waals surface area contributed by atoms with Crippen molar-refractivity contribution in [1.29, 1.82) is 0 Å². The molecule has 2 N–H and O–H groups in total. The van der Waals surface area contributed by atoms with Crippen LogP contribution in [0.25, 0.3) is 5.76 Å². The minimum absolute atomic E-state index is 0.00794. The molecule has 3 aromatic carbocycles. The van der Waals surface area contributed by atoms with Crippen molar-refractivity contribution in [3.05, 3.63) is 101 Å². The molecule has 1 aliphatic rings. The van der Waals surface area contributed by atoms with Crippen LogP contribution in [0.15, 0.2) is 78.4 Å². The second-order valence-electron chi connectivity index (χ2n) is 9.42. The van der Waals surface area contributed by atoms with Crippen molar-refractivity contribution in [1.82, 2.24) is 9.80 Å². The predicted molar refractivity (Wildman–Crippen MR) is 147 cm³/mol. The monoisotopic (exact) mass is 514 g/mol. The number of aryl methyl sites for hydroxylation is 1. The topological polar surface area (TPSA) is 90.3 Å². The summed E-state index contributed by atoms with van der Waals surface area (Å²) in [6, 6.07) is 20.5. The minimum atomic E-state index is -0.810. The summed E-state index contributed by atoms with van der Waals surface area (Å²) < 4.78 is 5.88. The van der Waals surface area contributed by atoms with Crippen molar-refractivity contribution in [2.24, 2.45) is 0 Å². The second-order valence-corrected chi connectivity index (χ2v) is 9.42. The summed E-state index contributed by atoms with van der Waals surface area (Å²) in [4.78, 5) is 30.0. The van der Waals surface area contributed by atoms with Gasteiger partial charge in [0.1, 0.15) is 23.9 Å². The van der Waals surface area contributed by atoms with Crippen LogP contribution in [-0.4, -0.2) is 57.9 Å². The molecule has 1 amide bonds. The molecule has 0 aliphatic carbocycles. The fourth-order valence-corrected chi connectivity index (χ4v) is 4.77. The lowest BCUT2D eigenvalue weighted by atomic mass is 9.95. The third kappa shape index (κ3) is 5.89. The maximum atomic E-state index is 13.2. The van der Waals surface area contributed by atoms with Crippen LogP contribution in [-0.2, 0) is 16.2 Å². The first kappa shape index (κ1) is 26.9. The zero-order valence-electron chi connectivity index (χ0n) is 22.1. The lowest BCUT2D eigenvalue weighted by Crippen LogP contribution is -2.38. The second kappa shape index (κ2) is 12.0. The smallest absolute Gasteiger partial charge is 0.295 e. The van der Waals surface area contributed by atoms with Crippen LogP contribution in [0.4, 0.5) is 0 Å². The highest BCUT2D eigenvalue weighted by atomic mass is 16.5. The number of hydrogen-bond acceptors (Lipinski definition) is 6. The van der Waals surface area contributed by atoms with Crippen LogP contribution in [0.5, 0.6) is 11.5 Å². The number of phenolic OH excluding ortho intramolecular Hbond substituents is 1. The fraction of sp³-hybridized carbons (Fsp3) is 0.290. The molecular formula is C31H34N2O5. The maximum Gasteiger partial charge on any atom is 0.295 e. The molecule has 4 rings (SSSR count). The fourth-order valence-electron chi connectivity index (χ4n) is 4.77. The Bertz CT molecular complexity index is 1330. The molecule has 3 aromatic rings. The Kier molecular flexibility index (Phi) is 8.48. The van der Waals surface area contributed by atoms with Crippen molar-refractivity contribution < 1.29 is 24.5 Å². The van der Waals surface area contributed by atoms with E-state index in [1.54, 1.807) is 36.4 Å². The van der Waals surface area contributed by atoms with Crippen LogP contribution in [0.1, 0.15) is 42.1 Å². The van der Waals surface area contributed by atoms with Gasteiger partial charge >= 0.3 is 0 Å². The van der Waals surface area contributed by atoms with E-state index in [9.17, 15) is 19.8 Å². The number of carbonyl (C=O) groups excluding carboxylic acids is 2. The van der Waals surface area contributed by atoms with Gasteiger partial charge in [0.15, 0.2) is 0 Å². The number of Topliss-reactive ketones (excluding diaryl/α,β-unsaturated/α-hetero) is 1. The number of rotatable bonds is 10.